The molecule has 0 saturated carbocycles. The molecule has 0 aliphatic heterocycles. The van der Waals surface area contributed by atoms with Gasteiger partial charge in [0.1, 0.15) is 5.75 Å². The third-order valence-electron chi connectivity index (χ3n) is 2.81. The van der Waals surface area contributed by atoms with Crippen molar-refractivity contribution in [3.05, 3.63) is 29.8 Å². The summed E-state index contributed by atoms with van der Waals surface area (Å²) < 4.78 is 39.8. The van der Waals surface area contributed by atoms with Gasteiger partial charge in [0.05, 0.1) is 0 Å². The van der Waals surface area contributed by atoms with Gasteiger partial charge in [-0.05, 0) is 37.1 Å². The summed E-state index contributed by atoms with van der Waals surface area (Å²) in [7, 11) is 1.68. The fraction of sp³-hybridized carbons (Fsp3) is 0.500. The molecule has 0 aliphatic carbocycles. The van der Waals surface area contributed by atoms with E-state index in [0.717, 1.165) is 36.7 Å². The lowest BCUT2D eigenvalue weighted by Crippen LogP contribution is -2.27. The monoisotopic (exact) mass is 367 g/mol. The van der Waals surface area contributed by atoms with Crippen LogP contribution in [0.25, 0.3) is 0 Å². The molecule has 0 aromatic heterocycles. The maximum absolute atomic E-state index is 12.1. The van der Waals surface area contributed by atoms with E-state index in [-0.39, 0.29) is 11.7 Å². The van der Waals surface area contributed by atoms with Gasteiger partial charge in [-0.15, -0.1) is 13.2 Å². The number of carbonyl (C=O) groups is 1. The SMILES string of the molecule is CN(CCCCCBr)C(=O)c1ccc(OC(F)(F)F)cc1. The van der Waals surface area contributed by atoms with Gasteiger partial charge in [-0.1, -0.05) is 22.4 Å². The van der Waals surface area contributed by atoms with Crippen molar-refractivity contribution in [2.24, 2.45) is 0 Å². The Morgan fingerprint density at radius 1 is 1.19 bits per heavy atom. The molecule has 0 bridgehead atoms. The van der Waals surface area contributed by atoms with Crippen LogP contribution in [0.3, 0.4) is 0 Å². The summed E-state index contributed by atoms with van der Waals surface area (Å²) >= 11 is 3.34. The first kappa shape index (κ1) is 17.8. The van der Waals surface area contributed by atoms with Crippen molar-refractivity contribution in [1.29, 1.82) is 0 Å². The van der Waals surface area contributed by atoms with Crippen molar-refractivity contribution >= 4 is 21.8 Å². The molecule has 0 radical (unpaired) electrons. The van der Waals surface area contributed by atoms with Crippen molar-refractivity contribution in [3.8, 4) is 5.75 Å². The van der Waals surface area contributed by atoms with E-state index in [1.807, 2.05) is 0 Å². The normalized spacial score (nSPS) is 11.3. The first-order chi connectivity index (χ1) is 9.83. The Bertz CT molecular complexity index is 449. The summed E-state index contributed by atoms with van der Waals surface area (Å²) in [4.78, 5) is 13.6. The minimum atomic E-state index is -4.72. The van der Waals surface area contributed by atoms with Gasteiger partial charge in [0, 0.05) is 24.5 Å². The van der Waals surface area contributed by atoms with Crippen LogP contribution in [0.5, 0.6) is 5.75 Å². The van der Waals surface area contributed by atoms with Crippen molar-refractivity contribution in [1.82, 2.24) is 4.90 Å². The second-order valence-corrected chi connectivity index (χ2v) is 5.34. The van der Waals surface area contributed by atoms with Crippen LogP contribution in [0.15, 0.2) is 24.3 Å². The van der Waals surface area contributed by atoms with Crippen molar-refractivity contribution in [2.75, 3.05) is 18.9 Å². The van der Waals surface area contributed by atoms with E-state index in [4.69, 9.17) is 0 Å². The summed E-state index contributed by atoms with van der Waals surface area (Å²) in [5.41, 5.74) is 0.340. The molecule has 0 saturated heterocycles. The Kier molecular flexibility index (Phi) is 7.01. The van der Waals surface area contributed by atoms with Gasteiger partial charge in [0.2, 0.25) is 0 Å². The maximum atomic E-state index is 12.1. The van der Waals surface area contributed by atoms with Crippen LogP contribution in [-0.4, -0.2) is 36.1 Å². The molecule has 1 rings (SSSR count). The predicted octanol–water partition coefficient (Wildman–Crippen LogP) is 4.22. The molecule has 0 aliphatic rings. The second kappa shape index (κ2) is 8.26. The zero-order chi connectivity index (χ0) is 15.9. The number of rotatable bonds is 7. The quantitative estimate of drug-likeness (QED) is 0.533. The fourth-order valence-corrected chi connectivity index (χ4v) is 2.14. The second-order valence-electron chi connectivity index (χ2n) is 4.55. The van der Waals surface area contributed by atoms with Crippen molar-refractivity contribution in [3.63, 3.8) is 0 Å². The van der Waals surface area contributed by atoms with Crippen LogP contribution in [0.4, 0.5) is 13.2 Å². The first-order valence-electron chi connectivity index (χ1n) is 6.50. The Morgan fingerprint density at radius 2 is 1.81 bits per heavy atom. The highest BCUT2D eigenvalue weighted by Gasteiger charge is 2.31. The molecule has 1 amide bonds. The van der Waals surface area contributed by atoms with Crippen molar-refractivity contribution < 1.29 is 22.7 Å². The Balaban J connectivity index is 2.54. The van der Waals surface area contributed by atoms with E-state index < -0.39 is 6.36 Å². The Morgan fingerprint density at radius 3 is 2.33 bits per heavy atom. The van der Waals surface area contributed by atoms with Crippen LogP contribution in [0, 0.1) is 0 Å². The van der Waals surface area contributed by atoms with E-state index in [0.29, 0.717) is 12.1 Å². The maximum Gasteiger partial charge on any atom is 0.573 e. The minimum Gasteiger partial charge on any atom is -0.406 e. The number of alkyl halides is 4. The summed E-state index contributed by atoms with van der Waals surface area (Å²) in [5.74, 6) is -0.550. The van der Waals surface area contributed by atoms with Crippen LogP contribution < -0.4 is 4.74 Å². The van der Waals surface area contributed by atoms with Crippen LogP contribution in [0.1, 0.15) is 29.6 Å². The van der Waals surface area contributed by atoms with Gasteiger partial charge in [-0.25, -0.2) is 0 Å². The number of hydrogen-bond acceptors (Lipinski definition) is 2. The third kappa shape index (κ3) is 6.84. The van der Waals surface area contributed by atoms with Gasteiger partial charge >= 0.3 is 6.36 Å². The molecule has 1 aromatic rings. The molecule has 0 N–H and O–H groups in total. The Labute approximate surface area is 130 Å². The topological polar surface area (TPSA) is 29.5 Å². The van der Waals surface area contributed by atoms with Gasteiger partial charge in [0.25, 0.3) is 5.91 Å². The molecule has 3 nitrogen and oxygen atoms in total. The van der Waals surface area contributed by atoms with Gasteiger partial charge in [0.15, 0.2) is 0 Å². The largest absolute Gasteiger partial charge is 0.573 e. The average molecular weight is 368 g/mol. The molecule has 0 atom stereocenters. The number of halogens is 4. The van der Waals surface area contributed by atoms with Crippen LogP contribution in [-0.2, 0) is 0 Å². The number of hydrogen-bond donors (Lipinski definition) is 0. The zero-order valence-electron chi connectivity index (χ0n) is 11.6. The summed E-state index contributed by atoms with van der Waals surface area (Å²) in [6, 6.07) is 4.94. The van der Waals surface area contributed by atoms with E-state index in [9.17, 15) is 18.0 Å². The zero-order valence-corrected chi connectivity index (χ0v) is 13.2. The average Bonchev–Trinajstić information content (AvgIpc) is 2.41. The highest BCUT2D eigenvalue weighted by molar-refractivity contribution is 9.09. The van der Waals surface area contributed by atoms with E-state index in [1.165, 1.54) is 12.1 Å². The van der Waals surface area contributed by atoms with Crippen LogP contribution in [0.2, 0.25) is 0 Å². The number of benzene rings is 1. The summed E-state index contributed by atoms with van der Waals surface area (Å²) in [6.07, 6.45) is -1.77. The smallest absolute Gasteiger partial charge is 0.406 e. The van der Waals surface area contributed by atoms with Gasteiger partial charge in [-0.3, -0.25) is 4.79 Å². The molecule has 0 unspecified atom stereocenters. The molecule has 7 heteroatoms. The molecule has 0 heterocycles. The molecule has 0 spiro atoms. The number of unbranched alkanes of at least 4 members (excludes halogenated alkanes) is 2. The Hall–Kier alpha value is -1.24. The fourth-order valence-electron chi connectivity index (χ4n) is 1.74. The van der Waals surface area contributed by atoms with Crippen LogP contribution >= 0.6 is 15.9 Å². The molecule has 118 valence electrons. The van der Waals surface area contributed by atoms with E-state index >= 15 is 0 Å². The molecule has 1 aromatic carbocycles. The summed E-state index contributed by atoms with van der Waals surface area (Å²) in [6.45, 7) is 0.618. The highest BCUT2D eigenvalue weighted by atomic mass is 79.9. The summed E-state index contributed by atoms with van der Waals surface area (Å²) in [5, 5.41) is 0.936. The molecule has 0 fully saturated rings. The lowest BCUT2D eigenvalue weighted by Gasteiger charge is -2.17. The van der Waals surface area contributed by atoms with E-state index in [1.54, 1.807) is 11.9 Å². The number of nitrogens with zero attached hydrogens (tertiary/aromatic N) is 1. The predicted molar refractivity (Wildman–Crippen MR) is 77.7 cm³/mol. The number of amides is 1. The van der Waals surface area contributed by atoms with Gasteiger partial charge < -0.3 is 9.64 Å². The first-order valence-corrected chi connectivity index (χ1v) is 7.63. The van der Waals surface area contributed by atoms with Gasteiger partial charge in [-0.2, -0.15) is 0 Å². The minimum absolute atomic E-state index is 0.215. The molecular formula is C14H17BrF3NO2. The number of carbonyl (C=O) groups excluding carboxylic acids is 1. The molecule has 21 heavy (non-hydrogen) atoms. The third-order valence-corrected chi connectivity index (χ3v) is 3.37. The highest BCUT2D eigenvalue weighted by Crippen LogP contribution is 2.23. The van der Waals surface area contributed by atoms with E-state index in [2.05, 4.69) is 20.7 Å². The van der Waals surface area contributed by atoms with Crippen molar-refractivity contribution in [2.45, 2.75) is 25.6 Å². The lowest BCUT2D eigenvalue weighted by atomic mass is 10.2. The standard InChI is InChI=1S/C14H17BrF3NO2/c1-19(10-4-2-3-9-15)13(20)11-5-7-12(8-6-11)21-14(16,17)18/h5-8H,2-4,9-10H2,1H3. The lowest BCUT2D eigenvalue weighted by molar-refractivity contribution is -0.274. The molecular weight excluding hydrogens is 351 g/mol. The number of ether oxygens (including phenoxy) is 1.